The molecular formula is C21H23N5O2. The van der Waals surface area contributed by atoms with Gasteiger partial charge < -0.3 is 10.3 Å². The normalized spacial score (nSPS) is 12.5. The number of benzene rings is 2. The van der Waals surface area contributed by atoms with Crippen LogP contribution in [-0.2, 0) is 17.9 Å². The zero-order valence-corrected chi connectivity index (χ0v) is 16.0. The summed E-state index contributed by atoms with van der Waals surface area (Å²) in [5.41, 5.74) is 3.25. The molecule has 2 N–H and O–H groups in total. The molecular weight excluding hydrogens is 354 g/mol. The second-order valence-electron chi connectivity index (χ2n) is 6.94. The summed E-state index contributed by atoms with van der Waals surface area (Å²) in [7, 11) is 0. The predicted molar refractivity (Wildman–Crippen MR) is 109 cm³/mol. The van der Waals surface area contributed by atoms with Crippen LogP contribution in [0.2, 0.25) is 0 Å². The molecule has 0 saturated heterocycles. The first kappa shape index (κ1) is 18.0. The van der Waals surface area contributed by atoms with Crippen molar-refractivity contribution < 1.29 is 4.79 Å². The molecule has 0 aliphatic heterocycles. The van der Waals surface area contributed by atoms with Gasteiger partial charge in [0.1, 0.15) is 12.4 Å². The highest BCUT2D eigenvalue weighted by molar-refractivity contribution is 5.81. The number of nitrogens with zero attached hydrogens (tertiary/aromatic N) is 3. The molecule has 4 rings (SSSR count). The molecule has 2 aromatic heterocycles. The van der Waals surface area contributed by atoms with E-state index in [0.29, 0.717) is 12.4 Å². The van der Waals surface area contributed by atoms with E-state index in [2.05, 4.69) is 15.3 Å². The fourth-order valence-corrected chi connectivity index (χ4v) is 3.54. The Labute approximate surface area is 162 Å². The standard InChI is InChI=1S/C21H23N5O2/c1-3-12-25-17-10-6-7-11-18(17)26(21(25)28)13-19(27)22-14(2)20-23-15-8-4-5-9-16(15)24-20/h4-11,14H,3,12-13H2,1-2H3,(H,22,27)(H,23,24)/t14-/m1/s1. The maximum Gasteiger partial charge on any atom is 0.329 e. The van der Waals surface area contributed by atoms with Gasteiger partial charge in [-0.15, -0.1) is 0 Å². The van der Waals surface area contributed by atoms with Gasteiger partial charge in [0.2, 0.25) is 5.91 Å². The number of aryl methyl sites for hydroxylation is 1. The second-order valence-corrected chi connectivity index (χ2v) is 6.94. The van der Waals surface area contributed by atoms with Crippen LogP contribution in [0.15, 0.2) is 53.3 Å². The van der Waals surface area contributed by atoms with Gasteiger partial charge in [0.05, 0.1) is 28.1 Å². The summed E-state index contributed by atoms with van der Waals surface area (Å²) in [6, 6.07) is 15.0. The lowest BCUT2D eigenvalue weighted by Crippen LogP contribution is -2.34. The summed E-state index contributed by atoms with van der Waals surface area (Å²) < 4.78 is 3.26. The number of fused-ring (bicyclic) bond motifs is 2. The predicted octanol–water partition coefficient (Wildman–Crippen LogP) is 2.97. The van der Waals surface area contributed by atoms with Crippen molar-refractivity contribution in [3.05, 3.63) is 64.8 Å². The third kappa shape index (κ3) is 3.19. The summed E-state index contributed by atoms with van der Waals surface area (Å²) in [5, 5.41) is 2.94. The largest absolute Gasteiger partial charge is 0.345 e. The Morgan fingerprint density at radius 3 is 2.50 bits per heavy atom. The topological polar surface area (TPSA) is 84.7 Å². The number of nitrogens with one attached hydrogen (secondary N) is 2. The Balaban J connectivity index is 1.57. The highest BCUT2D eigenvalue weighted by Crippen LogP contribution is 2.16. The van der Waals surface area contributed by atoms with Crippen molar-refractivity contribution in [3.8, 4) is 0 Å². The van der Waals surface area contributed by atoms with E-state index in [9.17, 15) is 9.59 Å². The number of carbonyl (C=O) groups excluding carboxylic acids is 1. The number of aromatic nitrogens is 4. The lowest BCUT2D eigenvalue weighted by molar-refractivity contribution is -0.122. The monoisotopic (exact) mass is 377 g/mol. The molecule has 0 radical (unpaired) electrons. The average molecular weight is 377 g/mol. The highest BCUT2D eigenvalue weighted by atomic mass is 16.2. The molecule has 0 aliphatic carbocycles. The van der Waals surface area contributed by atoms with E-state index >= 15 is 0 Å². The van der Waals surface area contributed by atoms with Crippen LogP contribution in [0.3, 0.4) is 0 Å². The Morgan fingerprint density at radius 1 is 1.11 bits per heavy atom. The molecule has 7 heteroatoms. The number of amides is 1. The van der Waals surface area contributed by atoms with Crippen LogP contribution in [0.4, 0.5) is 0 Å². The van der Waals surface area contributed by atoms with E-state index in [1.165, 1.54) is 4.57 Å². The number of carbonyl (C=O) groups is 1. The fourth-order valence-electron chi connectivity index (χ4n) is 3.54. The van der Waals surface area contributed by atoms with Crippen molar-refractivity contribution >= 4 is 28.0 Å². The van der Waals surface area contributed by atoms with Crippen molar-refractivity contribution in [2.24, 2.45) is 0 Å². The first-order valence-electron chi connectivity index (χ1n) is 9.50. The molecule has 4 aromatic rings. The Hall–Kier alpha value is -3.35. The summed E-state index contributed by atoms with van der Waals surface area (Å²) in [6.45, 7) is 4.50. The van der Waals surface area contributed by atoms with Crippen molar-refractivity contribution in [3.63, 3.8) is 0 Å². The molecule has 2 heterocycles. The molecule has 0 aliphatic rings. The van der Waals surface area contributed by atoms with Crippen LogP contribution in [0, 0.1) is 0 Å². The van der Waals surface area contributed by atoms with Crippen LogP contribution in [-0.4, -0.2) is 25.0 Å². The molecule has 2 aromatic carbocycles. The molecule has 0 bridgehead atoms. The van der Waals surface area contributed by atoms with Crippen LogP contribution in [0.25, 0.3) is 22.1 Å². The van der Waals surface area contributed by atoms with E-state index in [0.717, 1.165) is 28.5 Å². The molecule has 7 nitrogen and oxygen atoms in total. The highest BCUT2D eigenvalue weighted by Gasteiger charge is 2.17. The summed E-state index contributed by atoms with van der Waals surface area (Å²) in [4.78, 5) is 33.2. The minimum absolute atomic E-state index is 0.0272. The third-order valence-corrected chi connectivity index (χ3v) is 4.87. The number of para-hydroxylation sites is 4. The van der Waals surface area contributed by atoms with Gasteiger partial charge in [-0.3, -0.25) is 13.9 Å². The van der Waals surface area contributed by atoms with Crippen molar-refractivity contribution in [1.29, 1.82) is 0 Å². The lowest BCUT2D eigenvalue weighted by atomic mass is 10.3. The van der Waals surface area contributed by atoms with Gasteiger partial charge in [-0.2, -0.15) is 0 Å². The molecule has 1 atom stereocenters. The summed E-state index contributed by atoms with van der Waals surface area (Å²) in [5.74, 6) is 0.463. The van der Waals surface area contributed by atoms with Gasteiger partial charge in [-0.05, 0) is 37.6 Å². The van der Waals surface area contributed by atoms with Crippen LogP contribution in [0.1, 0.15) is 32.1 Å². The molecule has 0 fully saturated rings. The van der Waals surface area contributed by atoms with Gasteiger partial charge in [-0.25, -0.2) is 9.78 Å². The van der Waals surface area contributed by atoms with E-state index in [4.69, 9.17) is 0 Å². The van der Waals surface area contributed by atoms with Crippen molar-refractivity contribution in [2.45, 2.75) is 39.4 Å². The smallest absolute Gasteiger partial charge is 0.329 e. The summed E-state index contributed by atoms with van der Waals surface area (Å²) >= 11 is 0. The van der Waals surface area contributed by atoms with Crippen LogP contribution >= 0.6 is 0 Å². The molecule has 144 valence electrons. The number of rotatable bonds is 6. The first-order chi connectivity index (χ1) is 13.6. The third-order valence-electron chi connectivity index (χ3n) is 4.87. The zero-order chi connectivity index (χ0) is 19.7. The van der Waals surface area contributed by atoms with Gasteiger partial charge in [-0.1, -0.05) is 31.2 Å². The molecule has 0 saturated carbocycles. The minimum atomic E-state index is -0.292. The second kappa shape index (κ2) is 7.34. The number of hydrogen-bond donors (Lipinski definition) is 2. The van der Waals surface area contributed by atoms with Gasteiger partial charge >= 0.3 is 5.69 Å². The molecule has 28 heavy (non-hydrogen) atoms. The van der Waals surface area contributed by atoms with E-state index in [-0.39, 0.29) is 24.2 Å². The van der Waals surface area contributed by atoms with Crippen molar-refractivity contribution in [1.82, 2.24) is 24.4 Å². The number of imidazole rings is 2. The maximum absolute atomic E-state index is 12.8. The first-order valence-corrected chi connectivity index (χ1v) is 9.50. The van der Waals surface area contributed by atoms with Gasteiger partial charge in [0.15, 0.2) is 0 Å². The quantitative estimate of drug-likeness (QED) is 0.542. The molecule has 0 unspecified atom stereocenters. The maximum atomic E-state index is 12.8. The average Bonchev–Trinajstić information content (AvgIpc) is 3.24. The van der Waals surface area contributed by atoms with Crippen LogP contribution < -0.4 is 11.0 Å². The SMILES string of the molecule is CCCn1c(=O)n(CC(=O)N[C@H](C)c2nc3ccccc3[nH]2)c2ccccc21. The summed E-state index contributed by atoms with van der Waals surface area (Å²) in [6.07, 6.45) is 0.850. The van der Waals surface area contributed by atoms with E-state index in [1.807, 2.05) is 62.4 Å². The lowest BCUT2D eigenvalue weighted by Gasteiger charge is -2.12. The minimum Gasteiger partial charge on any atom is -0.345 e. The zero-order valence-electron chi connectivity index (χ0n) is 16.0. The molecule has 1 amide bonds. The number of aromatic amines is 1. The Morgan fingerprint density at radius 2 is 1.79 bits per heavy atom. The fraction of sp³-hybridized carbons (Fsp3) is 0.286. The van der Waals surface area contributed by atoms with Crippen molar-refractivity contribution in [2.75, 3.05) is 0 Å². The van der Waals surface area contributed by atoms with Crippen LogP contribution in [0.5, 0.6) is 0 Å². The molecule has 0 spiro atoms. The number of H-pyrrole nitrogens is 1. The Kier molecular flexibility index (Phi) is 4.73. The Bertz CT molecular complexity index is 1170. The van der Waals surface area contributed by atoms with E-state index < -0.39 is 0 Å². The van der Waals surface area contributed by atoms with Gasteiger partial charge in [0.25, 0.3) is 0 Å². The van der Waals surface area contributed by atoms with E-state index in [1.54, 1.807) is 4.57 Å². The number of hydrogen-bond acceptors (Lipinski definition) is 3. The van der Waals surface area contributed by atoms with Gasteiger partial charge in [0, 0.05) is 6.54 Å².